The first-order valence-electron chi connectivity index (χ1n) is 6.44. The molecule has 0 aliphatic rings. The van der Waals surface area contributed by atoms with E-state index >= 15 is 0 Å². The van der Waals surface area contributed by atoms with E-state index in [1.54, 1.807) is 23.0 Å². The second kappa shape index (κ2) is 5.69. The van der Waals surface area contributed by atoms with Gasteiger partial charge in [-0.3, -0.25) is 4.68 Å². The van der Waals surface area contributed by atoms with Gasteiger partial charge in [-0.15, -0.1) is 0 Å². The van der Waals surface area contributed by atoms with Gasteiger partial charge in [0.1, 0.15) is 5.82 Å². The van der Waals surface area contributed by atoms with Crippen molar-refractivity contribution in [3.05, 3.63) is 70.7 Å². The number of anilines is 1. The summed E-state index contributed by atoms with van der Waals surface area (Å²) in [6.07, 6.45) is 3.64. The maximum atomic E-state index is 13.8. The summed E-state index contributed by atoms with van der Waals surface area (Å²) >= 11 is 3.35. The molecule has 2 N–H and O–H groups in total. The SMILES string of the molecule is Nc1cccc(-c2cnn(Cc3cc(Br)ccc3F)c2)c1. The van der Waals surface area contributed by atoms with E-state index in [2.05, 4.69) is 21.0 Å². The number of aromatic nitrogens is 2. The molecule has 0 bridgehead atoms. The first kappa shape index (κ1) is 13.8. The third-order valence-corrected chi connectivity index (χ3v) is 3.69. The van der Waals surface area contributed by atoms with Gasteiger partial charge in [0.25, 0.3) is 0 Å². The average Bonchev–Trinajstić information content (AvgIpc) is 2.91. The Morgan fingerprint density at radius 2 is 2.00 bits per heavy atom. The summed E-state index contributed by atoms with van der Waals surface area (Å²) in [4.78, 5) is 0. The Bertz CT molecular complexity index is 783. The third kappa shape index (κ3) is 3.13. The zero-order valence-electron chi connectivity index (χ0n) is 11.1. The first-order valence-corrected chi connectivity index (χ1v) is 7.23. The van der Waals surface area contributed by atoms with Crippen LogP contribution in [0.1, 0.15) is 5.56 Å². The molecule has 3 rings (SSSR count). The van der Waals surface area contributed by atoms with Crippen LogP contribution < -0.4 is 5.73 Å². The van der Waals surface area contributed by atoms with Crippen LogP contribution in [0.25, 0.3) is 11.1 Å². The molecule has 3 nitrogen and oxygen atoms in total. The summed E-state index contributed by atoms with van der Waals surface area (Å²) in [6.45, 7) is 0.383. The van der Waals surface area contributed by atoms with E-state index < -0.39 is 0 Å². The lowest BCUT2D eigenvalue weighted by Crippen LogP contribution is -2.02. The number of nitrogens with zero attached hydrogens (tertiary/aromatic N) is 2. The molecule has 0 aliphatic heterocycles. The van der Waals surface area contributed by atoms with Crippen molar-refractivity contribution in [2.45, 2.75) is 6.54 Å². The number of rotatable bonds is 3. The summed E-state index contributed by atoms with van der Waals surface area (Å²) in [7, 11) is 0. The monoisotopic (exact) mass is 345 g/mol. The lowest BCUT2D eigenvalue weighted by atomic mass is 10.1. The molecule has 0 spiro atoms. The normalized spacial score (nSPS) is 10.8. The molecule has 0 saturated heterocycles. The second-order valence-electron chi connectivity index (χ2n) is 4.79. The third-order valence-electron chi connectivity index (χ3n) is 3.19. The van der Waals surface area contributed by atoms with Crippen LogP contribution in [0, 0.1) is 5.82 Å². The topological polar surface area (TPSA) is 43.8 Å². The molecule has 1 heterocycles. The van der Waals surface area contributed by atoms with Crippen LogP contribution in [0.4, 0.5) is 10.1 Å². The van der Waals surface area contributed by atoms with Crippen LogP contribution in [0.3, 0.4) is 0 Å². The zero-order valence-corrected chi connectivity index (χ0v) is 12.7. The highest BCUT2D eigenvalue weighted by Gasteiger charge is 2.06. The highest BCUT2D eigenvalue weighted by Crippen LogP contribution is 2.22. The maximum absolute atomic E-state index is 13.8. The van der Waals surface area contributed by atoms with Crippen molar-refractivity contribution in [2.24, 2.45) is 0 Å². The highest BCUT2D eigenvalue weighted by molar-refractivity contribution is 9.10. The molecular formula is C16H13BrFN3. The molecule has 0 amide bonds. The van der Waals surface area contributed by atoms with Crippen molar-refractivity contribution in [3.63, 3.8) is 0 Å². The van der Waals surface area contributed by atoms with Crippen molar-refractivity contribution >= 4 is 21.6 Å². The minimum atomic E-state index is -0.237. The molecule has 0 aliphatic carbocycles. The van der Waals surface area contributed by atoms with Crippen LogP contribution in [-0.2, 0) is 6.54 Å². The molecule has 3 aromatic rings. The molecule has 0 fully saturated rings. The Kier molecular flexibility index (Phi) is 3.75. The van der Waals surface area contributed by atoms with Gasteiger partial charge in [-0.1, -0.05) is 28.1 Å². The molecule has 0 unspecified atom stereocenters. The van der Waals surface area contributed by atoms with Crippen LogP contribution in [0.2, 0.25) is 0 Å². The van der Waals surface area contributed by atoms with Crippen LogP contribution >= 0.6 is 15.9 Å². The summed E-state index contributed by atoms with van der Waals surface area (Å²) in [6, 6.07) is 12.5. The number of halogens is 2. The number of nitrogens with two attached hydrogens (primary N) is 1. The Morgan fingerprint density at radius 1 is 1.14 bits per heavy atom. The summed E-state index contributed by atoms with van der Waals surface area (Å²) in [5.41, 5.74) is 9.03. The van der Waals surface area contributed by atoms with Crippen molar-refractivity contribution in [1.82, 2.24) is 9.78 Å². The molecule has 0 radical (unpaired) electrons. The van der Waals surface area contributed by atoms with Gasteiger partial charge in [0.15, 0.2) is 0 Å². The van der Waals surface area contributed by atoms with Crippen LogP contribution in [0.15, 0.2) is 59.3 Å². The molecule has 0 atom stereocenters. The van der Waals surface area contributed by atoms with Crippen LogP contribution in [0.5, 0.6) is 0 Å². The van der Waals surface area contributed by atoms with Gasteiger partial charge in [-0.2, -0.15) is 5.10 Å². The Labute approximate surface area is 130 Å². The Balaban J connectivity index is 1.87. The fourth-order valence-electron chi connectivity index (χ4n) is 2.16. The van der Waals surface area contributed by atoms with Crippen molar-refractivity contribution in [2.75, 3.05) is 5.73 Å². The lowest BCUT2D eigenvalue weighted by Gasteiger charge is -2.04. The van der Waals surface area contributed by atoms with E-state index in [1.165, 1.54) is 6.07 Å². The number of hydrogen-bond acceptors (Lipinski definition) is 2. The van der Waals surface area contributed by atoms with E-state index in [0.29, 0.717) is 17.8 Å². The van der Waals surface area contributed by atoms with E-state index in [1.807, 2.05) is 30.5 Å². The maximum Gasteiger partial charge on any atom is 0.128 e. The molecular weight excluding hydrogens is 333 g/mol. The predicted molar refractivity (Wildman–Crippen MR) is 85.3 cm³/mol. The van der Waals surface area contributed by atoms with Gasteiger partial charge in [-0.05, 0) is 35.9 Å². The number of benzene rings is 2. The van der Waals surface area contributed by atoms with Crippen molar-refractivity contribution in [1.29, 1.82) is 0 Å². The second-order valence-corrected chi connectivity index (χ2v) is 5.70. The summed E-state index contributed by atoms with van der Waals surface area (Å²) < 4.78 is 16.3. The minimum absolute atomic E-state index is 0.237. The highest BCUT2D eigenvalue weighted by atomic mass is 79.9. The largest absolute Gasteiger partial charge is 0.399 e. The quantitative estimate of drug-likeness (QED) is 0.726. The number of nitrogen functional groups attached to an aromatic ring is 1. The van der Waals surface area contributed by atoms with Crippen LogP contribution in [-0.4, -0.2) is 9.78 Å². The van der Waals surface area contributed by atoms with Crippen molar-refractivity contribution < 1.29 is 4.39 Å². The van der Waals surface area contributed by atoms with E-state index in [0.717, 1.165) is 15.6 Å². The van der Waals surface area contributed by atoms with Gasteiger partial charge in [0.05, 0.1) is 12.7 Å². The smallest absolute Gasteiger partial charge is 0.128 e. The molecule has 1 aromatic heterocycles. The minimum Gasteiger partial charge on any atom is -0.399 e. The molecule has 0 saturated carbocycles. The van der Waals surface area contributed by atoms with Gasteiger partial charge >= 0.3 is 0 Å². The predicted octanol–water partition coefficient (Wildman–Crippen LogP) is 4.08. The molecule has 106 valence electrons. The zero-order chi connectivity index (χ0) is 14.8. The molecule has 5 heteroatoms. The van der Waals surface area contributed by atoms with E-state index in [9.17, 15) is 4.39 Å². The van der Waals surface area contributed by atoms with Crippen molar-refractivity contribution in [3.8, 4) is 11.1 Å². The van der Waals surface area contributed by atoms with Gasteiger partial charge in [0, 0.05) is 27.5 Å². The summed E-state index contributed by atoms with van der Waals surface area (Å²) in [5.74, 6) is -0.237. The molecule has 2 aromatic carbocycles. The first-order chi connectivity index (χ1) is 10.1. The Morgan fingerprint density at radius 3 is 2.81 bits per heavy atom. The Hall–Kier alpha value is -2.14. The fraction of sp³-hybridized carbons (Fsp3) is 0.0625. The van der Waals surface area contributed by atoms with E-state index in [4.69, 9.17) is 5.73 Å². The number of hydrogen-bond donors (Lipinski definition) is 1. The van der Waals surface area contributed by atoms with Gasteiger partial charge < -0.3 is 5.73 Å². The van der Waals surface area contributed by atoms with Gasteiger partial charge in [-0.25, -0.2) is 4.39 Å². The van der Waals surface area contributed by atoms with Gasteiger partial charge in [0.2, 0.25) is 0 Å². The van der Waals surface area contributed by atoms with E-state index in [-0.39, 0.29) is 5.82 Å². The standard InChI is InChI=1S/C16H13BrFN3/c17-14-4-5-16(18)12(6-14)9-21-10-13(8-20-21)11-2-1-3-15(19)7-11/h1-8,10H,9,19H2. The lowest BCUT2D eigenvalue weighted by molar-refractivity contribution is 0.585. The summed E-state index contributed by atoms with van der Waals surface area (Å²) in [5, 5.41) is 4.28. The average molecular weight is 346 g/mol. The molecule has 21 heavy (non-hydrogen) atoms. The fourth-order valence-corrected chi connectivity index (χ4v) is 2.56.